The molecule has 1 unspecified atom stereocenters. The molecule has 6 heteroatoms. The van der Waals surface area contributed by atoms with Crippen molar-refractivity contribution in [2.24, 2.45) is 0 Å². The topological polar surface area (TPSA) is 82.1 Å². The quantitative estimate of drug-likeness (QED) is 0.320. The zero-order valence-corrected chi connectivity index (χ0v) is 21.2. The van der Waals surface area contributed by atoms with E-state index in [1.807, 2.05) is 48.5 Å². The first kappa shape index (κ1) is 33.1. The maximum absolute atomic E-state index is 11.7. The first-order chi connectivity index (χ1) is 14.9. The van der Waals surface area contributed by atoms with Crippen LogP contribution in [-0.4, -0.2) is 37.4 Å². The molecule has 6 nitrogen and oxygen atoms in total. The number of carbonyl (C=O) groups excluding carboxylic acids is 1. The lowest BCUT2D eigenvalue weighted by molar-refractivity contribution is -0.141. The third kappa shape index (κ3) is 15.0. The summed E-state index contributed by atoms with van der Waals surface area (Å²) in [6.45, 7) is 16.1. The van der Waals surface area contributed by atoms with Gasteiger partial charge in [0.25, 0.3) is 0 Å². The molecule has 180 valence electrons. The molecule has 1 rings (SSSR count). The van der Waals surface area contributed by atoms with Crippen LogP contribution in [0.2, 0.25) is 0 Å². The Kier molecular flexibility index (Phi) is 23.7. The van der Waals surface area contributed by atoms with Gasteiger partial charge in [0.1, 0.15) is 0 Å². The summed E-state index contributed by atoms with van der Waals surface area (Å²) in [6, 6.07) is 5.18. The monoisotopic (exact) mass is 440 g/mol. The van der Waals surface area contributed by atoms with Crippen LogP contribution < -0.4 is 9.47 Å². The van der Waals surface area contributed by atoms with Crippen molar-refractivity contribution in [2.75, 3.05) is 14.2 Å². The number of esters is 1. The van der Waals surface area contributed by atoms with Gasteiger partial charge in [0, 0.05) is 5.57 Å². The SMILES string of the molecule is CC.CC.CC.CCCCC(C)Oc1cc(/C=C(\CC(=O)O)C(=O)OC)ccc1OC. The molecule has 0 heterocycles. The lowest BCUT2D eigenvalue weighted by atomic mass is 10.1. The predicted molar refractivity (Wildman–Crippen MR) is 129 cm³/mol. The summed E-state index contributed by atoms with van der Waals surface area (Å²) in [5.74, 6) is -0.635. The molecule has 0 radical (unpaired) electrons. The van der Waals surface area contributed by atoms with Gasteiger partial charge in [-0.05, 0) is 37.1 Å². The molecule has 0 fully saturated rings. The van der Waals surface area contributed by atoms with Gasteiger partial charge in [-0.3, -0.25) is 4.79 Å². The smallest absolute Gasteiger partial charge is 0.334 e. The fourth-order valence-electron chi connectivity index (χ4n) is 2.32. The summed E-state index contributed by atoms with van der Waals surface area (Å²) >= 11 is 0. The van der Waals surface area contributed by atoms with E-state index in [1.54, 1.807) is 25.3 Å². The van der Waals surface area contributed by atoms with E-state index in [-0.39, 0.29) is 11.7 Å². The van der Waals surface area contributed by atoms with Crippen LogP contribution in [-0.2, 0) is 14.3 Å². The van der Waals surface area contributed by atoms with Gasteiger partial charge >= 0.3 is 11.9 Å². The maximum atomic E-state index is 11.7. The minimum Gasteiger partial charge on any atom is -0.493 e. The second-order valence-corrected chi connectivity index (χ2v) is 5.71. The Balaban J connectivity index is -0.00000120. The molecule has 0 aliphatic heterocycles. The van der Waals surface area contributed by atoms with E-state index >= 15 is 0 Å². The number of carbonyl (C=O) groups is 2. The van der Waals surface area contributed by atoms with Crippen molar-refractivity contribution in [1.82, 2.24) is 0 Å². The number of aliphatic carboxylic acids is 1. The number of ether oxygens (including phenoxy) is 3. The Morgan fingerprint density at radius 3 is 2.06 bits per heavy atom. The number of rotatable bonds is 10. The van der Waals surface area contributed by atoms with Gasteiger partial charge in [0.15, 0.2) is 11.5 Å². The van der Waals surface area contributed by atoms with Gasteiger partial charge in [0.2, 0.25) is 0 Å². The van der Waals surface area contributed by atoms with Gasteiger partial charge in [-0.2, -0.15) is 0 Å². The second-order valence-electron chi connectivity index (χ2n) is 5.71. The van der Waals surface area contributed by atoms with Crippen molar-refractivity contribution >= 4 is 18.0 Å². The molecule has 0 aromatic heterocycles. The van der Waals surface area contributed by atoms with Crippen molar-refractivity contribution in [3.05, 3.63) is 29.3 Å². The summed E-state index contributed by atoms with van der Waals surface area (Å²) in [7, 11) is 2.77. The summed E-state index contributed by atoms with van der Waals surface area (Å²) in [5, 5.41) is 8.95. The normalized spacial score (nSPS) is 10.6. The van der Waals surface area contributed by atoms with Crippen molar-refractivity contribution in [1.29, 1.82) is 0 Å². The highest BCUT2D eigenvalue weighted by molar-refractivity contribution is 5.97. The highest BCUT2D eigenvalue weighted by atomic mass is 16.5. The van der Waals surface area contributed by atoms with Crippen molar-refractivity contribution < 1.29 is 28.9 Å². The molecule has 0 aliphatic rings. The number of methoxy groups -OCH3 is 2. The van der Waals surface area contributed by atoms with Crippen LogP contribution in [0.15, 0.2) is 23.8 Å². The number of hydrogen-bond acceptors (Lipinski definition) is 5. The van der Waals surface area contributed by atoms with Gasteiger partial charge in [-0.15, -0.1) is 0 Å². The van der Waals surface area contributed by atoms with Crippen LogP contribution in [0.5, 0.6) is 11.5 Å². The Morgan fingerprint density at radius 1 is 1.03 bits per heavy atom. The molecule has 0 saturated carbocycles. The minimum absolute atomic E-state index is 0.0205. The average molecular weight is 441 g/mol. The molecule has 0 bridgehead atoms. The van der Waals surface area contributed by atoms with E-state index in [0.717, 1.165) is 19.3 Å². The Hall–Kier alpha value is -2.50. The third-order valence-corrected chi connectivity index (χ3v) is 3.61. The lowest BCUT2D eigenvalue weighted by Gasteiger charge is -2.17. The summed E-state index contributed by atoms with van der Waals surface area (Å²) in [6.07, 6.45) is 4.17. The van der Waals surface area contributed by atoms with E-state index in [0.29, 0.717) is 17.1 Å². The number of unbranched alkanes of at least 4 members (excludes halogenated alkanes) is 1. The van der Waals surface area contributed by atoms with Crippen LogP contribution in [0.3, 0.4) is 0 Å². The van der Waals surface area contributed by atoms with Gasteiger partial charge < -0.3 is 19.3 Å². The van der Waals surface area contributed by atoms with Crippen LogP contribution in [0, 0.1) is 0 Å². The van der Waals surface area contributed by atoms with Gasteiger partial charge in [-0.25, -0.2) is 4.79 Å². The van der Waals surface area contributed by atoms with Crippen LogP contribution in [0.4, 0.5) is 0 Å². The van der Waals surface area contributed by atoms with Crippen molar-refractivity contribution in [2.45, 2.75) is 87.2 Å². The van der Waals surface area contributed by atoms with E-state index in [4.69, 9.17) is 14.6 Å². The highest BCUT2D eigenvalue weighted by Crippen LogP contribution is 2.30. The van der Waals surface area contributed by atoms with Crippen molar-refractivity contribution in [3.8, 4) is 11.5 Å². The second kappa shape index (κ2) is 22.2. The Bertz CT molecular complexity index is 622. The molecular weight excluding hydrogens is 396 g/mol. The zero-order valence-electron chi connectivity index (χ0n) is 21.2. The fourth-order valence-corrected chi connectivity index (χ4v) is 2.32. The number of carboxylic acids is 1. The number of carboxylic acid groups (broad SMARTS) is 1. The first-order valence-corrected chi connectivity index (χ1v) is 11.3. The fraction of sp³-hybridized carbons (Fsp3) is 0.600. The summed E-state index contributed by atoms with van der Waals surface area (Å²) in [5.41, 5.74) is 0.699. The molecule has 1 aromatic rings. The number of hydrogen-bond donors (Lipinski definition) is 1. The maximum Gasteiger partial charge on any atom is 0.334 e. The van der Waals surface area contributed by atoms with Crippen LogP contribution >= 0.6 is 0 Å². The first-order valence-electron chi connectivity index (χ1n) is 11.3. The summed E-state index contributed by atoms with van der Waals surface area (Å²) < 4.78 is 15.9. The molecule has 31 heavy (non-hydrogen) atoms. The van der Waals surface area contributed by atoms with E-state index in [1.165, 1.54) is 13.2 Å². The Labute approximate surface area is 189 Å². The third-order valence-electron chi connectivity index (χ3n) is 3.61. The molecule has 0 aliphatic carbocycles. The summed E-state index contributed by atoms with van der Waals surface area (Å²) in [4.78, 5) is 22.7. The lowest BCUT2D eigenvalue weighted by Crippen LogP contribution is -2.12. The minimum atomic E-state index is -1.10. The van der Waals surface area contributed by atoms with Crippen LogP contribution in [0.1, 0.15) is 86.6 Å². The molecule has 0 amide bonds. The molecule has 1 aromatic carbocycles. The average Bonchev–Trinajstić information content (AvgIpc) is 2.80. The molecule has 1 atom stereocenters. The predicted octanol–water partition coefficient (Wildman–Crippen LogP) is 6.76. The largest absolute Gasteiger partial charge is 0.493 e. The van der Waals surface area contributed by atoms with E-state index in [9.17, 15) is 9.59 Å². The molecule has 0 spiro atoms. The molecule has 1 N–H and O–H groups in total. The van der Waals surface area contributed by atoms with E-state index in [2.05, 4.69) is 11.7 Å². The van der Waals surface area contributed by atoms with Gasteiger partial charge in [-0.1, -0.05) is 67.4 Å². The zero-order chi connectivity index (χ0) is 24.8. The molecular formula is C25H44O6. The molecule has 0 saturated heterocycles. The number of benzene rings is 1. The van der Waals surface area contributed by atoms with Gasteiger partial charge in [0.05, 0.1) is 26.7 Å². The van der Waals surface area contributed by atoms with Crippen molar-refractivity contribution in [3.63, 3.8) is 0 Å². The Morgan fingerprint density at radius 2 is 1.61 bits per heavy atom. The highest BCUT2D eigenvalue weighted by Gasteiger charge is 2.15. The standard InChI is InChI=1S/C19H26O6.3C2H6/c1-5-6-7-13(2)25-17-11-14(8-9-16(17)23-3)10-15(12-18(20)21)19(22)24-4;3*1-2/h8-11,13H,5-7,12H2,1-4H3,(H,20,21);3*1-2H3/b15-10+;;;. The van der Waals surface area contributed by atoms with E-state index < -0.39 is 18.4 Å². The van der Waals surface area contributed by atoms with Crippen LogP contribution in [0.25, 0.3) is 6.08 Å².